The monoisotopic (exact) mass is 323 g/mol. The van der Waals surface area contributed by atoms with E-state index in [0.29, 0.717) is 17.9 Å². The van der Waals surface area contributed by atoms with Gasteiger partial charge < -0.3 is 0 Å². The summed E-state index contributed by atoms with van der Waals surface area (Å²) >= 11 is 9.19. The second-order valence-electron chi connectivity index (χ2n) is 3.99. The Labute approximate surface area is 119 Å². The molecule has 1 aromatic carbocycles. The van der Waals surface area contributed by atoms with E-state index in [2.05, 4.69) is 20.9 Å². The van der Waals surface area contributed by atoms with Crippen LogP contribution >= 0.6 is 27.5 Å². The fourth-order valence-corrected chi connectivity index (χ4v) is 2.10. The summed E-state index contributed by atoms with van der Waals surface area (Å²) in [6.45, 7) is 0. The zero-order valence-electron chi connectivity index (χ0n) is 9.57. The highest BCUT2D eigenvalue weighted by Gasteiger charge is 2.06. The minimum absolute atomic E-state index is 0.132. The van der Waals surface area contributed by atoms with Crippen LogP contribution in [0.15, 0.2) is 47.1 Å². The van der Waals surface area contributed by atoms with Crippen molar-refractivity contribution in [2.45, 2.75) is 12.8 Å². The lowest BCUT2D eigenvalue weighted by atomic mass is 10.1. The van der Waals surface area contributed by atoms with Crippen molar-refractivity contribution in [2.24, 2.45) is 0 Å². The molecule has 0 bridgehead atoms. The molecule has 0 N–H and O–H groups in total. The summed E-state index contributed by atoms with van der Waals surface area (Å²) in [5.41, 5.74) is 1.72. The van der Waals surface area contributed by atoms with Crippen LogP contribution in [-0.2, 0) is 17.6 Å². The fourth-order valence-electron chi connectivity index (χ4n) is 1.65. The first-order chi connectivity index (χ1) is 8.63. The van der Waals surface area contributed by atoms with Crippen molar-refractivity contribution in [2.75, 3.05) is 0 Å². The van der Waals surface area contributed by atoms with Crippen LogP contribution in [0.4, 0.5) is 0 Å². The molecular formula is C14H11BrClNO. The van der Waals surface area contributed by atoms with Gasteiger partial charge in [-0.05, 0) is 45.8 Å². The van der Waals surface area contributed by atoms with Crippen molar-refractivity contribution < 1.29 is 4.79 Å². The molecule has 0 aliphatic carbocycles. The molecule has 18 heavy (non-hydrogen) atoms. The predicted molar refractivity (Wildman–Crippen MR) is 75.8 cm³/mol. The summed E-state index contributed by atoms with van der Waals surface area (Å²) in [4.78, 5) is 16.1. The number of hydrogen-bond acceptors (Lipinski definition) is 2. The Kier molecular flexibility index (Phi) is 4.50. The smallest absolute Gasteiger partial charge is 0.143 e. The second kappa shape index (κ2) is 6.12. The summed E-state index contributed by atoms with van der Waals surface area (Å²) in [5, 5.41) is 0.655. The van der Waals surface area contributed by atoms with Crippen LogP contribution in [0.3, 0.4) is 0 Å². The third kappa shape index (κ3) is 3.93. The van der Waals surface area contributed by atoms with Gasteiger partial charge in [-0.25, -0.2) is 0 Å². The molecule has 0 unspecified atom stereocenters. The van der Waals surface area contributed by atoms with E-state index in [1.165, 1.54) is 0 Å². The maximum absolute atomic E-state index is 11.9. The highest BCUT2D eigenvalue weighted by atomic mass is 79.9. The van der Waals surface area contributed by atoms with Crippen LogP contribution in [0.2, 0.25) is 5.02 Å². The van der Waals surface area contributed by atoms with Gasteiger partial charge in [-0.15, -0.1) is 0 Å². The molecule has 2 aromatic rings. The van der Waals surface area contributed by atoms with Crippen LogP contribution in [0, 0.1) is 0 Å². The van der Waals surface area contributed by atoms with Crippen LogP contribution in [-0.4, -0.2) is 10.8 Å². The summed E-state index contributed by atoms with van der Waals surface area (Å²) in [5.74, 6) is 0.132. The number of pyridine rings is 1. The Morgan fingerprint density at radius 1 is 1.22 bits per heavy atom. The Morgan fingerprint density at radius 2 is 2.06 bits per heavy atom. The number of carbonyl (C=O) groups excluding carboxylic acids is 1. The summed E-state index contributed by atoms with van der Waals surface area (Å²) in [6, 6.07) is 11.1. The molecule has 0 spiro atoms. The van der Waals surface area contributed by atoms with E-state index in [4.69, 9.17) is 11.6 Å². The van der Waals surface area contributed by atoms with Gasteiger partial charge in [0.1, 0.15) is 5.78 Å². The molecule has 0 atom stereocenters. The summed E-state index contributed by atoms with van der Waals surface area (Å²) < 4.78 is 0.911. The normalized spacial score (nSPS) is 10.3. The highest BCUT2D eigenvalue weighted by Crippen LogP contribution is 2.13. The molecule has 0 aliphatic heterocycles. The van der Waals surface area contributed by atoms with Crippen LogP contribution in [0.1, 0.15) is 11.3 Å². The van der Waals surface area contributed by atoms with Crippen LogP contribution in [0.25, 0.3) is 0 Å². The number of benzene rings is 1. The lowest BCUT2D eigenvalue weighted by Gasteiger charge is -2.02. The van der Waals surface area contributed by atoms with Gasteiger partial charge in [-0.2, -0.15) is 0 Å². The van der Waals surface area contributed by atoms with Gasteiger partial charge in [0.15, 0.2) is 0 Å². The SMILES string of the molecule is O=C(Cc1cccc(Cl)c1)Cc1ccc(Br)cn1. The van der Waals surface area contributed by atoms with Gasteiger partial charge in [0.25, 0.3) is 0 Å². The number of Topliss-reactive ketones (excluding diaryl/α,β-unsaturated/α-hetero) is 1. The van der Waals surface area contributed by atoms with E-state index in [9.17, 15) is 4.79 Å². The molecular weight excluding hydrogens is 314 g/mol. The van der Waals surface area contributed by atoms with Crippen LogP contribution in [0.5, 0.6) is 0 Å². The zero-order chi connectivity index (χ0) is 13.0. The Hall–Kier alpha value is -1.19. The standard InChI is InChI=1S/C14H11BrClNO/c15-11-4-5-13(17-9-11)8-14(18)7-10-2-1-3-12(16)6-10/h1-6,9H,7-8H2. The van der Waals surface area contributed by atoms with Crippen molar-refractivity contribution in [1.82, 2.24) is 4.98 Å². The lowest BCUT2D eigenvalue weighted by molar-refractivity contribution is -0.117. The molecule has 2 rings (SSSR count). The first kappa shape index (κ1) is 13.2. The lowest BCUT2D eigenvalue weighted by Crippen LogP contribution is -2.07. The third-order valence-corrected chi connectivity index (χ3v) is 3.16. The first-order valence-corrected chi connectivity index (χ1v) is 6.67. The van der Waals surface area contributed by atoms with E-state index in [1.54, 1.807) is 12.3 Å². The van der Waals surface area contributed by atoms with E-state index in [-0.39, 0.29) is 5.78 Å². The number of rotatable bonds is 4. The molecule has 0 aliphatic rings. The van der Waals surface area contributed by atoms with Crippen molar-refractivity contribution in [3.8, 4) is 0 Å². The van der Waals surface area contributed by atoms with Crippen molar-refractivity contribution in [3.63, 3.8) is 0 Å². The molecule has 1 aromatic heterocycles. The number of carbonyl (C=O) groups is 1. The minimum Gasteiger partial charge on any atom is -0.299 e. The van der Waals surface area contributed by atoms with Crippen molar-refractivity contribution in [1.29, 1.82) is 0 Å². The average Bonchev–Trinajstić information content (AvgIpc) is 2.32. The number of hydrogen-bond donors (Lipinski definition) is 0. The second-order valence-corrected chi connectivity index (χ2v) is 5.34. The van der Waals surface area contributed by atoms with Gasteiger partial charge in [-0.1, -0.05) is 23.7 Å². The maximum Gasteiger partial charge on any atom is 0.143 e. The van der Waals surface area contributed by atoms with Gasteiger partial charge >= 0.3 is 0 Å². The third-order valence-electron chi connectivity index (χ3n) is 2.46. The molecule has 0 amide bonds. The Balaban J connectivity index is 1.98. The van der Waals surface area contributed by atoms with E-state index in [1.807, 2.05) is 30.3 Å². The molecule has 0 saturated heterocycles. The Bertz CT molecular complexity index is 554. The molecule has 4 heteroatoms. The molecule has 2 nitrogen and oxygen atoms in total. The molecule has 92 valence electrons. The molecule has 0 radical (unpaired) electrons. The number of nitrogens with zero attached hydrogens (tertiary/aromatic N) is 1. The van der Waals surface area contributed by atoms with E-state index in [0.717, 1.165) is 15.7 Å². The quantitative estimate of drug-likeness (QED) is 0.855. The average molecular weight is 325 g/mol. The zero-order valence-corrected chi connectivity index (χ0v) is 11.9. The molecule has 0 fully saturated rings. The van der Waals surface area contributed by atoms with Crippen molar-refractivity contribution >= 4 is 33.3 Å². The maximum atomic E-state index is 11.9. The van der Waals surface area contributed by atoms with Gasteiger partial charge in [0.2, 0.25) is 0 Å². The van der Waals surface area contributed by atoms with Crippen LogP contribution < -0.4 is 0 Å². The predicted octanol–water partition coefficient (Wildman–Crippen LogP) is 3.85. The number of ketones is 1. The topological polar surface area (TPSA) is 30.0 Å². The van der Waals surface area contributed by atoms with E-state index < -0.39 is 0 Å². The fraction of sp³-hybridized carbons (Fsp3) is 0.143. The highest BCUT2D eigenvalue weighted by molar-refractivity contribution is 9.10. The number of halogens is 2. The first-order valence-electron chi connectivity index (χ1n) is 5.50. The van der Waals surface area contributed by atoms with Crippen molar-refractivity contribution in [3.05, 3.63) is 63.3 Å². The van der Waals surface area contributed by atoms with Gasteiger partial charge in [0.05, 0.1) is 0 Å². The number of aromatic nitrogens is 1. The van der Waals surface area contributed by atoms with Gasteiger partial charge in [0, 0.05) is 34.2 Å². The largest absolute Gasteiger partial charge is 0.299 e. The summed E-state index contributed by atoms with van der Waals surface area (Å²) in [6.07, 6.45) is 2.43. The Morgan fingerprint density at radius 3 is 2.72 bits per heavy atom. The molecule has 0 saturated carbocycles. The minimum atomic E-state index is 0.132. The van der Waals surface area contributed by atoms with E-state index >= 15 is 0 Å². The van der Waals surface area contributed by atoms with Gasteiger partial charge in [-0.3, -0.25) is 9.78 Å². The summed E-state index contributed by atoms with van der Waals surface area (Å²) in [7, 11) is 0. The molecule has 1 heterocycles.